The lowest BCUT2D eigenvalue weighted by molar-refractivity contribution is -0.212. The Kier molecular flexibility index (Phi) is 9.95. The van der Waals surface area contributed by atoms with Gasteiger partial charge >= 0.3 is 17.9 Å². The van der Waals surface area contributed by atoms with Crippen LogP contribution in [0.2, 0.25) is 5.02 Å². The van der Waals surface area contributed by atoms with Crippen LogP contribution < -0.4 is 0 Å². The van der Waals surface area contributed by atoms with E-state index < -0.39 is 71.8 Å². The summed E-state index contributed by atoms with van der Waals surface area (Å²) in [6.07, 6.45) is -2.50. The van der Waals surface area contributed by atoms with Gasteiger partial charge in [-0.25, -0.2) is 17.9 Å². The van der Waals surface area contributed by atoms with E-state index in [-0.39, 0.29) is 21.8 Å². The molecule has 3 aromatic rings. The summed E-state index contributed by atoms with van der Waals surface area (Å²) in [6, 6.07) is 6.73. The van der Waals surface area contributed by atoms with Crippen molar-refractivity contribution < 1.29 is 46.5 Å². The number of carbonyl (C=O) groups excluding carboxylic acids is 3. The van der Waals surface area contributed by atoms with Crippen molar-refractivity contribution in [3.63, 3.8) is 0 Å². The van der Waals surface area contributed by atoms with Gasteiger partial charge in [-0.2, -0.15) is 5.26 Å². The predicted octanol–water partition coefficient (Wildman–Crippen LogP) is 4.37. The Morgan fingerprint density at radius 3 is 2.28 bits per heavy atom. The minimum absolute atomic E-state index is 0.0957. The Morgan fingerprint density at radius 2 is 1.67 bits per heavy atom. The first-order chi connectivity index (χ1) is 20.4. The average Bonchev–Trinajstić information content (AvgIpc) is 3.41. The number of halogens is 4. The molecule has 16 heteroatoms. The van der Waals surface area contributed by atoms with E-state index in [0.717, 1.165) is 49.3 Å². The van der Waals surface area contributed by atoms with Crippen molar-refractivity contribution in [1.82, 2.24) is 15.0 Å². The number of nitriles is 1. The minimum atomic E-state index is -1.67. The van der Waals surface area contributed by atoms with E-state index in [1.54, 1.807) is 6.07 Å². The molecule has 0 saturated carbocycles. The van der Waals surface area contributed by atoms with Crippen molar-refractivity contribution in [3.8, 4) is 17.3 Å². The van der Waals surface area contributed by atoms with Gasteiger partial charge in [0.05, 0.1) is 17.8 Å². The van der Waals surface area contributed by atoms with Crippen molar-refractivity contribution in [1.29, 1.82) is 5.26 Å². The van der Waals surface area contributed by atoms with E-state index in [1.165, 1.54) is 18.3 Å². The minimum Gasteiger partial charge on any atom is -0.463 e. The average molecular weight is 639 g/mol. The Hall–Kier alpha value is -4.13. The number of hydrogen-bond acceptors (Lipinski definition) is 11. The van der Waals surface area contributed by atoms with Crippen LogP contribution in [0.25, 0.3) is 11.3 Å². The molecule has 1 fully saturated rings. The van der Waals surface area contributed by atoms with Crippen LogP contribution in [0.1, 0.15) is 32.4 Å². The van der Waals surface area contributed by atoms with Crippen LogP contribution in [-0.2, 0) is 33.3 Å². The molecule has 0 amide bonds. The van der Waals surface area contributed by atoms with E-state index in [9.17, 15) is 32.8 Å². The van der Waals surface area contributed by atoms with Gasteiger partial charge in [-0.1, -0.05) is 28.6 Å². The monoisotopic (exact) mass is 638 g/mol. The predicted molar refractivity (Wildman–Crippen MR) is 143 cm³/mol. The van der Waals surface area contributed by atoms with Crippen molar-refractivity contribution in [2.45, 2.75) is 55.5 Å². The van der Waals surface area contributed by atoms with Gasteiger partial charge in [0.25, 0.3) is 0 Å². The summed E-state index contributed by atoms with van der Waals surface area (Å²) in [5, 5.41) is 17.6. The van der Waals surface area contributed by atoms with E-state index in [1.807, 2.05) is 6.07 Å². The number of rotatable bonds is 8. The second kappa shape index (κ2) is 13.4. The number of ether oxygens (including phenoxy) is 4. The fourth-order valence-electron chi connectivity index (χ4n) is 4.37. The molecule has 4 rings (SSSR count). The zero-order valence-electron chi connectivity index (χ0n) is 22.6. The summed E-state index contributed by atoms with van der Waals surface area (Å²) in [5.41, 5.74) is -1.12. The highest BCUT2D eigenvalue weighted by Gasteiger charge is 2.52. The maximum atomic E-state index is 14.0. The molecule has 226 valence electrons. The van der Waals surface area contributed by atoms with Gasteiger partial charge in [0.15, 0.2) is 29.7 Å². The van der Waals surface area contributed by atoms with E-state index in [4.69, 9.17) is 30.5 Å². The molecule has 11 nitrogen and oxygen atoms in total. The highest BCUT2D eigenvalue weighted by Crippen LogP contribution is 2.42. The lowest BCUT2D eigenvalue weighted by atomic mass is 9.96. The number of esters is 3. The van der Waals surface area contributed by atoms with Gasteiger partial charge in [-0.05, 0) is 30.3 Å². The molecule has 5 atom stereocenters. The standard InChI is InChI=1S/C27H22ClF3N4O7S/c1-12(36)39-11-22-25(40-13(2)37)24(35-10-21(33-34-35)16-6-19(29)23(31)20(30)7-16)26(41-14(3)38)27(42-22)43-18-5-15(9-32)4-17(28)8-18/h4-8,10,22,24-27H,11H2,1-3H3/t22?,24?,25-,26?,27+/m0/s1. The first-order valence-electron chi connectivity index (χ1n) is 12.4. The Bertz CT molecular complexity index is 1580. The second-order valence-corrected chi connectivity index (χ2v) is 10.8. The SMILES string of the molecule is CC(=O)OCC1O[C@H](Sc2cc(Cl)cc(C#N)c2)C(OC(C)=O)C(n2cc(-c3cc(F)c(F)c(F)c3)nn2)[C@H]1OC(C)=O. The maximum absolute atomic E-state index is 14.0. The molecular weight excluding hydrogens is 617 g/mol. The van der Waals surface area contributed by atoms with Crippen LogP contribution in [0.15, 0.2) is 41.4 Å². The Labute approximate surface area is 251 Å². The third kappa shape index (κ3) is 7.64. The molecular formula is C27H22ClF3N4O7S. The van der Waals surface area contributed by atoms with Crippen LogP contribution in [-0.4, -0.2) is 63.3 Å². The molecule has 1 aliphatic heterocycles. The van der Waals surface area contributed by atoms with Gasteiger partial charge in [-0.15, -0.1) is 5.10 Å². The van der Waals surface area contributed by atoms with E-state index in [2.05, 4.69) is 10.3 Å². The molecule has 3 unspecified atom stereocenters. The summed E-state index contributed by atoms with van der Waals surface area (Å²) in [4.78, 5) is 36.6. The molecule has 1 aliphatic rings. The summed E-state index contributed by atoms with van der Waals surface area (Å²) in [7, 11) is 0. The normalized spacial score (nSPS) is 21.5. The number of hydrogen-bond donors (Lipinski definition) is 0. The molecule has 0 spiro atoms. The molecule has 0 N–H and O–H groups in total. The van der Waals surface area contributed by atoms with E-state index in [0.29, 0.717) is 4.90 Å². The largest absolute Gasteiger partial charge is 0.463 e. The van der Waals surface area contributed by atoms with Crippen LogP contribution in [0.5, 0.6) is 0 Å². The first kappa shape index (κ1) is 31.8. The summed E-state index contributed by atoms with van der Waals surface area (Å²) in [5.74, 6) is -6.76. The Balaban J connectivity index is 1.84. The lowest BCUT2D eigenvalue weighted by Gasteiger charge is -2.44. The smallest absolute Gasteiger partial charge is 0.303 e. The molecule has 43 heavy (non-hydrogen) atoms. The molecule has 1 aromatic heterocycles. The molecule has 1 saturated heterocycles. The number of nitrogens with zero attached hydrogens (tertiary/aromatic N) is 4. The molecule has 0 radical (unpaired) electrons. The number of aromatic nitrogens is 3. The van der Waals surface area contributed by atoms with Crippen LogP contribution in [0.4, 0.5) is 13.2 Å². The zero-order chi connectivity index (χ0) is 31.4. The van der Waals surface area contributed by atoms with Crippen molar-refractivity contribution >= 4 is 41.3 Å². The Morgan fingerprint density at radius 1 is 1.02 bits per heavy atom. The lowest BCUT2D eigenvalue weighted by Crippen LogP contribution is -2.57. The fraction of sp³-hybridized carbons (Fsp3) is 0.333. The third-order valence-electron chi connectivity index (χ3n) is 6.02. The van der Waals surface area contributed by atoms with Crippen molar-refractivity contribution in [2.75, 3.05) is 6.61 Å². The molecule has 0 aliphatic carbocycles. The van der Waals surface area contributed by atoms with Gasteiger partial charge in [0, 0.05) is 36.3 Å². The quantitative estimate of drug-likeness (QED) is 0.197. The number of thioether (sulfide) groups is 1. The number of carbonyl (C=O) groups is 3. The first-order valence-corrected chi connectivity index (χ1v) is 13.7. The number of benzene rings is 2. The zero-order valence-corrected chi connectivity index (χ0v) is 24.2. The van der Waals surface area contributed by atoms with Gasteiger partial charge < -0.3 is 18.9 Å². The fourth-order valence-corrected chi connectivity index (χ4v) is 5.87. The molecule has 2 aromatic carbocycles. The molecule has 0 bridgehead atoms. The van der Waals surface area contributed by atoms with Crippen LogP contribution in [0.3, 0.4) is 0 Å². The van der Waals surface area contributed by atoms with Crippen LogP contribution in [0, 0.1) is 28.8 Å². The summed E-state index contributed by atoms with van der Waals surface area (Å²) >= 11 is 7.18. The van der Waals surface area contributed by atoms with Gasteiger partial charge in [0.1, 0.15) is 29.9 Å². The van der Waals surface area contributed by atoms with Crippen LogP contribution >= 0.6 is 23.4 Å². The van der Waals surface area contributed by atoms with Crippen molar-refractivity contribution in [2.24, 2.45) is 0 Å². The molecule has 2 heterocycles. The van der Waals surface area contributed by atoms with E-state index >= 15 is 0 Å². The highest BCUT2D eigenvalue weighted by molar-refractivity contribution is 7.99. The second-order valence-electron chi connectivity index (χ2n) is 9.23. The maximum Gasteiger partial charge on any atom is 0.303 e. The third-order valence-corrected chi connectivity index (χ3v) is 7.36. The highest BCUT2D eigenvalue weighted by atomic mass is 35.5. The van der Waals surface area contributed by atoms with Gasteiger partial charge in [-0.3, -0.25) is 14.4 Å². The topological polar surface area (TPSA) is 143 Å². The van der Waals surface area contributed by atoms with Crippen molar-refractivity contribution in [3.05, 3.63) is 64.6 Å². The summed E-state index contributed by atoms with van der Waals surface area (Å²) in [6.45, 7) is 3.01. The van der Waals surface area contributed by atoms with Gasteiger partial charge in [0.2, 0.25) is 0 Å². The summed E-state index contributed by atoms with van der Waals surface area (Å²) < 4.78 is 65.2.